The average Bonchev–Trinajstić information content (AvgIpc) is 3.00. The van der Waals surface area contributed by atoms with Crippen molar-refractivity contribution >= 4 is 0 Å². The van der Waals surface area contributed by atoms with Crippen LogP contribution in [-0.2, 0) is 0 Å². The molecule has 2 rings (SSSR count). The van der Waals surface area contributed by atoms with Crippen molar-refractivity contribution in [3.63, 3.8) is 0 Å². The molecule has 1 saturated heterocycles. The minimum absolute atomic E-state index is 0.0608. The van der Waals surface area contributed by atoms with E-state index in [4.69, 9.17) is 0 Å². The lowest BCUT2D eigenvalue weighted by Gasteiger charge is -2.33. The molecular formula is C11H21NO. The molecule has 3 atom stereocenters. The summed E-state index contributed by atoms with van der Waals surface area (Å²) in [6.45, 7) is 3.36. The first-order valence-electron chi connectivity index (χ1n) is 5.72. The molecule has 0 amide bonds. The summed E-state index contributed by atoms with van der Waals surface area (Å²) in [5.74, 6) is 1.47. The van der Waals surface area contributed by atoms with E-state index in [9.17, 15) is 5.11 Å². The Balaban J connectivity index is 1.83. The molecule has 0 spiro atoms. The Labute approximate surface area is 80.7 Å². The summed E-state index contributed by atoms with van der Waals surface area (Å²) in [6.07, 6.45) is 6.19. The Kier molecular flexibility index (Phi) is 2.89. The van der Waals surface area contributed by atoms with Gasteiger partial charge in [-0.2, -0.15) is 0 Å². The maximum atomic E-state index is 9.96. The highest BCUT2D eigenvalue weighted by atomic mass is 16.3. The molecule has 2 aliphatic rings. The van der Waals surface area contributed by atoms with E-state index in [1.165, 1.54) is 32.1 Å². The number of piperidine rings is 1. The van der Waals surface area contributed by atoms with E-state index in [1.54, 1.807) is 0 Å². The molecule has 1 heterocycles. The molecule has 1 aliphatic carbocycles. The third-order valence-electron chi connectivity index (χ3n) is 3.64. The topological polar surface area (TPSA) is 32.3 Å². The largest absolute Gasteiger partial charge is 0.391 e. The molecule has 0 bridgehead atoms. The van der Waals surface area contributed by atoms with Gasteiger partial charge in [-0.3, -0.25) is 0 Å². The molecule has 0 radical (unpaired) electrons. The SMILES string of the molecule is CCC1CCNC(C(O)C2CC2)C1. The molecule has 2 fully saturated rings. The second-order valence-electron chi connectivity index (χ2n) is 4.69. The van der Waals surface area contributed by atoms with Gasteiger partial charge in [-0.25, -0.2) is 0 Å². The van der Waals surface area contributed by atoms with Crippen LogP contribution in [0, 0.1) is 11.8 Å². The zero-order chi connectivity index (χ0) is 9.26. The summed E-state index contributed by atoms with van der Waals surface area (Å²) in [5.41, 5.74) is 0. The molecule has 0 aromatic heterocycles. The second-order valence-corrected chi connectivity index (χ2v) is 4.69. The van der Waals surface area contributed by atoms with Crippen molar-refractivity contribution in [1.82, 2.24) is 5.32 Å². The molecule has 3 unspecified atom stereocenters. The molecule has 2 N–H and O–H groups in total. The lowest BCUT2D eigenvalue weighted by atomic mass is 9.87. The number of nitrogens with one attached hydrogen (secondary N) is 1. The second kappa shape index (κ2) is 3.97. The van der Waals surface area contributed by atoms with E-state index in [-0.39, 0.29) is 6.10 Å². The van der Waals surface area contributed by atoms with Gasteiger partial charge in [0.1, 0.15) is 0 Å². The van der Waals surface area contributed by atoms with Crippen LogP contribution < -0.4 is 5.32 Å². The summed E-state index contributed by atoms with van der Waals surface area (Å²) in [4.78, 5) is 0. The molecule has 1 saturated carbocycles. The molecule has 0 aromatic rings. The van der Waals surface area contributed by atoms with Gasteiger partial charge in [0, 0.05) is 6.04 Å². The standard InChI is InChI=1S/C11H21NO/c1-2-8-5-6-12-10(7-8)11(13)9-3-4-9/h8-13H,2-7H2,1H3. The van der Waals surface area contributed by atoms with Crippen molar-refractivity contribution in [2.24, 2.45) is 11.8 Å². The monoisotopic (exact) mass is 183 g/mol. The fourth-order valence-electron chi connectivity index (χ4n) is 2.43. The van der Waals surface area contributed by atoms with E-state index in [2.05, 4.69) is 12.2 Å². The Bertz CT molecular complexity index is 167. The Hall–Kier alpha value is -0.0800. The predicted octanol–water partition coefficient (Wildman–Crippen LogP) is 1.54. The lowest BCUT2D eigenvalue weighted by molar-refractivity contribution is 0.0797. The zero-order valence-electron chi connectivity index (χ0n) is 8.50. The summed E-state index contributed by atoms with van der Waals surface area (Å²) in [6, 6.07) is 0.395. The number of hydrogen-bond acceptors (Lipinski definition) is 2. The van der Waals surface area contributed by atoms with E-state index in [0.717, 1.165) is 12.5 Å². The quantitative estimate of drug-likeness (QED) is 0.695. The number of hydrogen-bond donors (Lipinski definition) is 2. The van der Waals surface area contributed by atoms with Crippen molar-refractivity contribution in [3.05, 3.63) is 0 Å². The van der Waals surface area contributed by atoms with Gasteiger partial charge in [0.15, 0.2) is 0 Å². The summed E-state index contributed by atoms with van der Waals surface area (Å²) in [5, 5.41) is 13.4. The minimum atomic E-state index is -0.0608. The van der Waals surface area contributed by atoms with Gasteiger partial charge in [-0.05, 0) is 44.1 Å². The maximum Gasteiger partial charge on any atom is 0.0721 e. The molecule has 2 heteroatoms. The summed E-state index contributed by atoms with van der Waals surface area (Å²) in [7, 11) is 0. The third-order valence-corrected chi connectivity index (χ3v) is 3.64. The normalized spacial score (nSPS) is 37.4. The van der Waals surface area contributed by atoms with Crippen molar-refractivity contribution in [2.75, 3.05) is 6.54 Å². The zero-order valence-corrected chi connectivity index (χ0v) is 8.50. The molecular weight excluding hydrogens is 162 g/mol. The number of rotatable bonds is 3. The van der Waals surface area contributed by atoms with Crippen molar-refractivity contribution in [2.45, 2.75) is 51.2 Å². The van der Waals surface area contributed by atoms with Crippen LogP contribution in [0.2, 0.25) is 0 Å². The van der Waals surface area contributed by atoms with Crippen LogP contribution in [-0.4, -0.2) is 23.8 Å². The van der Waals surface area contributed by atoms with Crippen LogP contribution in [0.3, 0.4) is 0 Å². The average molecular weight is 183 g/mol. The Morgan fingerprint density at radius 3 is 2.77 bits per heavy atom. The Morgan fingerprint density at radius 2 is 2.15 bits per heavy atom. The molecule has 2 nitrogen and oxygen atoms in total. The van der Waals surface area contributed by atoms with Gasteiger partial charge < -0.3 is 10.4 Å². The van der Waals surface area contributed by atoms with Gasteiger partial charge in [0.2, 0.25) is 0 Å². The Morgan fingerprint density at radius 1 is 1.38 bits per heavy atom. The first kappa shape index (κ1) is 9.47. The molecule has 0 aromatic carbocycles. The van der Waals surface area contributed by atoms with Crippen LogP contribution in [0.4, 0.5) is 0 Å². The first-order chi connectivity index (χ1) is 6.31. The van der Waals surface area contributed by atoms with Crippen LogP contribution in [0.1, 0.15) is 39.0 Å². The van der Waals surface area contributed by atoms with Gasteiger partial charge >= 0.3 is 0 Å². The van der Waals surface area contributed by atoms with Crippen molar-refractivity contribution in [1.29, 1.82) is 0 Å². The van der Waals surface area contributed by atoms with Gasteiger partial charge in [0.25, 0.3) is 0 Å². The van der Waals surface area contributed by atoms with E-state index < -0.39 is 0 Å². The number of aliphatic hydroxyl groups is 1. The van der Waals surface area contributed by atoms with Gasteiger partial charge in [0.05, 0.1) is 6.10 Å². The van der Waals surface area contributed by atoms with Crippen LogP contribution >= 0.6 is 0 Å². The lowest BCUT2D eigenvalue weighted by Crippen LogP contribution is -2.46. The highest BCUT2D eigenvalue weighted by Gasteiger charge is 2.36. The fourth-order valence-corrected chi connectivity index (χ4v) is 2.43. The highest BCUT2D eigenvalue weighted by Crippen LogP contribution is 2.36. The smallest absolute Gasteiger partial charge is 0.0721 e. The predicted molar refractivity (Wildman–Crippen MR) is 53.5 cm³/mol. The van der Waals surface area contributed by atoms with Crippen LogP contribution in [0.25, 0.3) is 0 Å². The highest BCUT2D eigenvalue weighted by molar-refractivity contribution is 4.91. The number of aliphatic hydroxyl groups excluding tert-OH is 1. The summed E-state index contributed by atoms with van der Waals surface area (Å²) < 4.78 is 0. The molecule has 76 valence electrons. The van der Waals surface area contributed by atoms with E-state index in [0.29, 0.717) is 12.0 Å². The van der Waals surface area contributed by atoms with Gasteiger partial charge in [-0.15, -0.1) is 0 Å². The van der Waals surface area contributed by atoms with Crippen LogP contribution in [0.5, 0.6) is 0 Å². The molecule has 13 heavy (non-hydrogen) atoms. The van der Waals surface area contributed by atoms with Crippen LogP contribution in [0.15, 0.2) is 0 Å². The minimum Gasteiger partial charge on any atom is -0.391 e. The maximum absolute atomic E-state index is 9.96. The van der Waals surface area contributed by atoms with E-state index in [1.807, 2.05) is 0 Å². The van der Waals surface area contributed by atoms with Crippen molar-refractivity contribution in [3.8, 4) is 0 Å². The van der Waals surface area contributed by atoms with Crippen molar-refractivity contribution < 1.29 is 5.11 Å². The first-order valence-corrected chi connectivity index (χ1v) is 5.72. The molecule has 1 aliphatic heterocycles. The summed E-state index contributed by atoms with van der Waals surface area (Å²) >= 11 is 0. The van der Waals surface area contributed by atoms with Gasteiger partial charge in [-0.1, -0.05) is 13.3 Å². The third kappa shape index (κ3) is 2.23. The van der Waals surface area contributed by atoms with E-state index >= 15 is 0 Å². The fraction of sp³-hybridized carbons (Fsp3) is 1.00.